The van der Waals surface area contributed by atoms with Gasteiger partial charge in [-0.15, -0.1) is 0 Å². The van der Waals surface area contributed by atoms with Crippen molar-refractivity contribution in [1.29, 1.82) is 0 Å². The molecule has 0 bridgehead atoms. The van der Waals surface area contributed by atoms with E-state index in [2.05, 4.69) is 214 Å². The summed E-state index contributed by atoms with van der Waals surface area (Å²) in [7, 11) is 0. The number of thioether (sulfide) groups is 1. The van der Waals surface area contributed by atoms with Crippen molar-refractivity contribution in [3.63, 3.8) is 0 Å². The Hall–Kier alpha value is -3.57. The van der Waals surface area contributed by atoms with Crippen LogP contribution >= 0.6 is 11.8 Å². The van der Waals surface area contributed by atoms with Crippen LogP contribution in [-0.2, 0) is 43.3 Å². The molecule has 4 rings (SSSR count). The molecule has 0 fully saturated rings. The summed E-state index contributed by atoms with van der Waals surface area (Å²) in [6.07, 6.45) is 14.8. The van der Waals surface area contributed by atoms with E-state index in [1.54, 1.807) is 0 Å². The van der Waals surface area contributed by atoms with Crippen LogP contribution in [0.1, 0.15) is 290 Å². The number of unbranched alkanes of at least 4 members (excludes halogenated alkanes) is 9. The van der Waals surface area contributed by atoms with Crippen molar-refractivity contribution in [2.45, 2.75) is 280 Å². The molecule has 4 nitrogen and oxygen atoms in total. The van der Waals surface area contributed by atoms with Crippen LogP contribution in [0.2, 0.25) is 0 Å². The Morgan fingerprint density at radius 3 is 0.905 bits per heavy atom. The second-order valence-corrected chi connectivity index (χ2v) is 30.4. The van der Waals surface area contributed by atoms with Crippen LogP contribution in [0.5, 0.6) is 23.0 Å². The topological polar surface area (TPSA) is 80.9 Å². The monoisotopic (exact) mass is 1030 g/mol. The maximum atomic E-state index is 11.2. The third-order valence-corrected chi connectivity index (χ3v) is 16.8. The van der Waals surface area contributed by atoms with Gasteiger partial charge in [-0.25, -0.2) is 0 Å². The molecule has 0 saturated heterocycles. The van der Waals surface area contributed by atoms with Gasteiger partial charge in [-0.2, -0.15) is 11.8 Å². The van der Waals surface area contributed by atoms with Crippen molar-refractivity contribution in [2.75, 3.05) is 11.5 Å². The second-order valence-electron chi connectivity index (χ2n) is 29.2. The third-order valence-electron chi connectivity index (χ3n) is 15.8. The summed E-state index contributed by atoms with van der Waals surface area (Å²) in [6.45, 7) is 52.3. The lowest BCUT2D eigenvalue weighted by Crippen LogP contribution is -2.29. The lowest BCUT2D eigenvalue weighted by molar-refractivity contribution is 0.420. The first-order valence-electron chi connectivity index (χ1n) is 28.7. The van der Waals surface area contributed by atoms with Gasteiger partial charge in [0, 0.05) is 10.8 Å². The maximum absolute atomic E-state index is 11.2. The zero-order valence-corrected chi connectivity index (χ0v) is 52.8. The Balaban J connectivity index is 0.000000399. The average molecular weight is 1040 g/mol. The number of phenols is 4. The van der Waals surface area contributed by atoms with E-state index in [1.165, 1.54) is 92.2 Å². The van der Waals surface area contributed by atoms with Crippen molar-refractivity contribution in [1.82, 2.24) is 0 Å². The molecule has 0 saturated carbocycles. The van der Waals surface area contributed by atoms with Gasteiger partial charge in [0.2, 0.25) is 0 Å². The molecule has 0 aliphatic rings. The van der Waals surface area contributed by atoms with E-state index in [9.17, 15) is 20.4 Å². The van der Waals surface area contributed by atoms with Crippen LogP contribution in [-0.4, -0.2) is 31.9 Å². The fourth-order valence-electron chi connectivity index (χ4n) is 10.7. The van der Waals surface area contributed by atoms with Gasteiger partial charge in [0.1, 0.15) is 23.0 Å². The highest BCUT2D eigenvalue weighted by Gasteiger charge is 2.37. The van der Waals surface area contributed by atoms with Crippen molar-refractivity contribution in [3.8, 4) is 23.0 Å². The molecule has 74 heavy (non-hydrogen) atoms. The summed E-state index contributed by atoms with van der Waals surface area (Å²) in [6, 6.07) is 17.2. The third kappa shape index (κ3) is 16.7. The number of hydrogen-bond acceptors (Lipinski definition) is 5. The molecular weight excluding hydrogens is 925 g/mol. The smallest absolute Gasteiger partial charge is 0.123 e. The highest BCUT2D eigenvalue weighted by molar-refractivity contribution is 7.99. The van der Waals surface area contributed by atoms with Crippen molar-refractivity contribution in [2.24, 2.45) is 0 Å². The van der Waals surface area contributed by atoms with Gasteiger partial charge >= 0.3 is 0 Å². The first-order chi connectivity index (χ1) is 33.6. The number of hydrogen-bond donors (Lipinski definition) is 4. The van der Waals surface area contributed by atoms with E-state index in [-0.39, 0.29) is 43.3 Å². The van der Waals surface area contributed by atoms with Crippen LogP contribution in [0.4, 0.5) is 0 Å². The van der Waals surface area contributed by atoms with E-state index >= 15 is 0 Å². The normalized spacial score (nSPS) is 13.3. The van der Waals surface area contributed by atoms with E-state index in [1.807, 2.05) is 12.1 Å². The molecule has 0 radical (unpaired) electrons. The fourth-order valence-corrected chi connectivity index (χ4v) is 11.9. The van der Waals surface area contributed by atoms with Gasteiger partial charge < -0.3 is 20.4 Å². The van der Waals surface area contributed by atoms with Crippen LogP contribution in [0.3, 0.4) is 0 Å². The lowest BCUT2D eigenvalue weighted by Gasteiger charge is -2.37. The van der Waals surface area contributed by atoms with E-state index < -0.39 is 0 Å². The minimum atomic E-state index is -0.318. The summed E-state index contributed by atoms with van der Waals surface area (Å²) in [5.41, 5.74) is 11.5. The molecule has 0 spiro atoms. The van der Waals surface area contributed by atoms with Gasteiger partial charge in [-0.05, 0) is 150 Å². The van der Waals surface area contributed by atoms with Crippen LogP contribution in [0.25, 0.3) is 0 Å². The quantitative estimate of drug-likeness (QED) is 0.0747. The zero-order chi connectivity index (χ0) is 56.8. The Kier molecular flexibility index (Phi) is 21.7. The largest absolute Gasteiger partial charge is 0.508 e. The van der Waals surface area contributed by atoms with Gasteiger partial charge in [0.05, 0.1) is 0 Å². The minimum absolute atomic E-state index is 0.154. The molecule has 0 heterocycles. The number of benzene rings is 4. The highest BCUT2D eigenvalue weighted by Crippen LogP contribution is 2.49. The van der Waals surface area contributed by atoms with Crippen LogP contribution in [0.15, 0.2) is 48.5 Å². The predicted octanol–water partition coefficient (Wildman–Crippen LogP) is 20.3. The Morgan fingerprint density at radius 1 is 0.338 bits per heavy atom. The van der Waals surface area contributed by atoms with Crippen molar-refractivity contribution < 1.29 is 20.4 Å². The van der Waals surface area contributed by atoms with Crippen LogP contribution < -0.4 is 0 Å². The molecule has 416 valence electrons. The SMILES string of the molecule is CC(C)(C)c1cc(C(C)(C)c2cc(C(C)(C)C)c(O)c(C(C)(C)C)c2)cc(C(C)(C)C)c1O.CCCCCCCCCCCCSCCC(C)(c1cc(C(C)(C)C)c(O)cc1C)c1cc(C(C)(C)C)c(O)cc1C. The second kappa shape index (κ2) is 24.8. The molecule has 0 unspecified atom stereocenters. The first-order valence-corrected chi connectivity index (χ1v) is 29.8. The standard InChI is InChI=1S/C38H62O2S.C31H48O2/c1-11-12-13-14-15-16-17-18-19-20-22-41-23-21-38(10,30-26-32(36(4,5)6)34(39)24-28(30)2)31-27-33(37(7,8)9)35(40)25-29(31)3;1-27(2,3)21-15-19(16-22(25(21)32)28(4,5)6)31(13,14)20-17-23(29(7,8)9)26(33)24(18-20)30(10,11)12/h24-27,39-40H,11-23H2,1-10H3;15-18,32-33H,1-14H3. The Bertz CT molecular complexity index is 2240. The Morgan fingerprint density at radius 2 is 0.622 bits per heavy atom. The number of aryl methyl sites for hydroxylation is 2. The molecule has 0 amide bonds. The van der Waals surface area contributed by atoms with Crippen molar-refractivity contribution in [3.05, 3.63) is 115 Å². The molecular formula is C69H110O4S. The molecule has 0 aromatic heterocycles. The fraction of sp³-hybridized carbons (Fsp3) is 0.652. The van der Waals surface area contributed by atoms with Gasteiger partial charge in [-0.1, -0.05) is 247 Å². The summed E-state index contributed by atoms with van der Waals surface area (Å²) >= 11 is 2.09. The van der Waals surface area contributed by atoms with Crippen molar-refractivity contribution >= 4 is 11.8 Å². The zero-order valence-electron chi connectivity index (χ0n) is 52.0. The van der Waals surface area contributed by atoms with Gasteiger partial charge in [-0.3, -0.25) is 0 Å². The van der Waals surface area contributed by atoms with Crippen LogP contribution in [0, 0.1) is 13.8 Å². The average Bonchev–Trinajstić information content (AvgIpc) is 3.22. The number of aromatic hydroxyl groups is 4. The Labute approximate surface area is 459 Å². The summed E-state index contributed by atoms with van der Waals surface area (Å²) in [5, 5.41) is 44.2. The minimum Gasteiger partial charge on any atom is -0.508 e. The van der Waals surface area contributed by atoms with Gasteiger partial charge in [0.25, 0.3) is 0 Å². The van der Waals surface area contributed by atoms with E-state index in [4.69, 9.17) is 0 Å². The molecule has 0 aliphatic heterocycles. The number of phenolic OH excluding ortho intramolecular Hbond substituents is 4. The maximum Gasteiger partial charge on any atom is 0.123 e. The lowest BCUT2D eigenvalue weighted by atomic mass is 9.68. The van der Waals surface area contributed by atoms with E-state index in [0.29, 0.717) is 23.0 Å². The molecule has 4 aromatic rings. The first kappa shape index (κ1) is 64.7. The molecule has 4 aromatic carbocycles. The summed E-state index contributed by atoms with van der Waals surface area (Å²) in [5.74, 6) is 3.89. The van der Waals surface area contributed by atoms with Gasteiger partial charge in [0.15, 0.2) is 0 Å². The highest BCUT2D eigenvalue weighted by atomic mass is 32.2. The summed E-state index contributed by atoms with van der Waals surface area (Å²) < 4.78 is 0. The van der Waals surface area contributed by atoms with E-state index in [0.717, 1.165) is 56.7 Å². The predicted molar refractivity (Wildman–Crippen MR) is 326 cm³/mol. The molecule has 0 aliphatic carbocycles. The molecule has 0 atom stereocenters. The summed E-state index contributed by atoms with van der Waals surface area (Å²) in [4.78, 5) is 0. The molecule has 5 heteroatoms. The molecule has 4 N–H and O–H groups in total. The number of rotatable bonds is 18.